The van der Waals surface area contributed by atoms with Crippen molar-refractivity contribution in [3.63, 3.8) is 0 Å². The van der Waals surface area contributed by atoms with Gasteiger partial charge in [-0.2, -0.15) is 13.2 Å². The summed E-state index contributed by atoms with van der Waals surface area (Å²) >= 11 is 5.78. The summed E-state index contributed by atoms with van der Waals surface area (Å²) in [5.74, 6) is 0.0625. The zero-order valence-corrected chi connectivity index (χ0v) is 9.42. The minimum absolute atomic E-state index is 0.0234. The number of benzene rings is 1. The van der Waals surface area contributed by atoms with Crippen LogP contribution in [0.4, 0.5) is 13.2 Å². The van der Waals surface area contributed by atoms with Crippen molar-refractivity contribution in [1.82, 2.24) is 5.16 Å². The Hall–Kier alpha value is -1.82. The highest BCUT2D eigenvalue weighted by Crippen LogP contribution is 2.33. The topological polar surface area (TPSA) is 43.1 Å². The molecule has 0 radical (unpaired) electrons. The molecular weight excluding hydrogens is 271 g/mol. The van der Waals surface area contributed by atoms with Crippen molar-refractivity contribution in [3.05, 3.63) is 40.5 Å². The number of hydrogen-bond acceptors (Lipinski definition) is 3. The first kappa shape index (κ1) is 12.6. The van der Waals surface area contributed by atoms with Gasteiger partial charge in [0.15, 0.2) is 17.7 Å². The molecule has 0 saturated carbocycles. The molecule has 0 N–H and O–H groups in total. The van der Waals surface area contributed by atoms with Gasteiger partial charge in [0, 0.05) is 5.56 Å². The van der Waals surface area contributed by atoms with Crippen LogP contribution >= 0.6 is 11.6 Å². The molecule has 0 saturated heterocycles. The molecule has 1 heterocycles. The van der Waals surface area contributed by atoms with Crippen LogP contribution in [0.5, 0.6) is 0 Å². The molecule has 0 aliphatic rings. The van der Waals surface area contributed by atoms with Crippen molar-refractivity contribution in [1.29, 1.82) is 0 Å². The molecular formula is C11H5ClF3NO2. The van der Waals surface area contributed by atoms with E-state index in [1.165, 1.54) is 12.1 Å². The Labute approximate surface area is 104 Å². The van der Waals surface area contributed by atoms with Gasteiger partial charge in [0.25, 0.3) is 0 Å². The molecule has 3 nitrogen and oxygen atoms in total. The van der Waals surface area contributed by atoms with Gasteiger partial charge in [-0.1, -0.05) is 28.9 Å². The van der Waals surface area contributed by atoms with Crippen LogP contribution in [0.15, 0.2) is 28.8 Å². The number of aromatic nitrogens is 1. The van der Waals surface area contributed by atoms with Gasteiger partial charge >= 0.3 is 6.18 Å². The average Bonchev–Trinajstić information content (AvgIpc) is 2.69. The Bertz CT molecular complexity index is 575. The lowest BCUT2D eigenvalue weighted by Crippen LogP contribution is -2.03. The first-order chi connectivity index (χ1) is 8.43. The highest BCUT2D eigenvalue weighted by Gasteiger charge is 2.30. The monoisotopic (exact) mass is 275 g/mol. The van der Waals surface area contributed by atoms with Crippen LogP contribution < -0.4 is 0 Å². The summed E-state index contributed by atoms with van der Waals surface area (Å²) in [7, 11) is 0. The Kier molecular flexibility index (Phi) is 3.13. The van der Waals surface area contributed by atoms with Crippen LogP contribution in [0, 0.1) is 0 Å². The predicted octanol–water partition coefficient (Wildman–Crippen LogP) is 3.83. The number of nitrogens with zero attached hydrogens (tertiary/aromatic N) is 1. The standard InChI is InChI=1S/C11H5ClF3NO2/c12-9-8(5-17)16-18-10(9)6-1-3-7(4-2-6)11(13,14)15/h1-5H. The largest absolute Gasteiger partial charge is 0.416 e. The van der Waals surface area contributed by atoms with E-state index in [1.54, 1.807) is 0 Å². The summed E-state index contributed by atoms with van der Waals surface area (Å²) in [4.78, 5) is 10.5. The molecule has 0 amide bonds. The Morgan fingerprint density at radius 2 is 1.83 bits per heavy atom. The number of rotatable bonds is 2. The number of hydrogen-bond donors (Lipinski definition) is 0. The Morgan fingerprint density at radius 3 is 2.28 bits per heavy atom. The molecule has 2 aromatic rings. The van der Waals surface area contributed by atoms with E-state index in [0.717, 1.165) is 12.1 Å². The molecule has 1 aromatic carbocycles. The molecule has 2 rings (SSSR count). The number of halogens is 4. The number of carbonyl (C=O) groups is 1. The molecule has 18 heavy (non-hydrogen) atoms. The smallest absolute Gasteiger partial charge is 0.354 e. The second-order valence-corrected chi connectivity index (χ2v) is 3.78. The van der Waals surface area contributed by atoms with Crippen molar-refractivity contribution in [2.45, 2.75) is 6.18 Å². The fraction of sp³-hybridized carbons (Fsp3) is 0.0909. The fourth-order valence-corrected chi connectivity index (χ4v) is 1.58. The zero-order valence-electron chi connectivity index (χ0n) is 8.66. The van der Waals surface area contributed by atoms with Gasteiger partial charge in [-0.05, 0) is 12.1 Å². The van der Waals surface area contributed by atoms with Crippen LogP contribution in [0.1, 0.15) is 16.1 Å². The van der Waals surface area contributed by atoms with Crippen LogP contribution in [0.25, 0.3) is 11.3 Å². The highest BCUT2D eigenvalue weighted by molar-refractivity contribution is 6.35. The third-order valence-electron chi connectivity index (χ3n) is 2.25. The van der Waals surface area contributed by atoms with E-state index in [2.05, 4.69) is 5.16 Å². The maximum atomic E-state index is 12.4. The Balaban J connectivity index is 2.40. The second-order valence-electron chi connectivity index (χ2n) is 3.40. The molecule has 0 fully saturated rings. The maximum absolute atomic E-state index is 12.4. The third-order valence-corrected chi connectivity index (χ3v) is 2.61. The predicted molar refractivity (Wildman–Crippen MR) is 57.3 cm³/mol. The van der Waals surface area contributed by atoms with Gasteiger partial charge in [0.1, 0.15) is 5.02 Å². The number of carbonyl (C=O) groups excluding carboxylic acids is 1. The van der Waals surface area contributed by atoms with Crippen molar-refractivity contribution in [2.24, 2.45) is 0 Å². The summed E-state index contributed by atoms with van der Waals surface area (Å²) in [6.07, 6.45) is -4.00. The van der Waals surface area contributed by atoms with E-state index in [-0.39, 0.29) is 16.5 Å². The van der Waals surface area contributed by atoms with E-state index in [9.17, 15) is 18.0 Å². The first-order valence-electron chi connectivity index (χ1n) is 4.71. The van der Waals surface area contributed by atoms with Crippen molar-refractivity contribution < 1.29 is 22.5 Å². The first-order valence-corrected chi connectivity index (χ1v) is 5.09. The lowest BCUT2D eigenvalue weighted by molar-refractivity contribution is -0.137. The molecule has 1 aromatic heterocycles. The van der Waals surface area contributed by atoms with Crippen LogP contribution in [-0.4, -0.2) is 11.4 Å². The zero-order chi connectivity index (χ0) is 13.3. The van der Waals surface area contributed by atoms with Crippen LogP contribution in [0.2, 0.25) is 5.02 Å². The minimum Gasteiger partial charge on any atom is -0.354 e. The molecule has 0 atom stereocenters. The van der Waals surface area contributed by atoms with E-state index in [0.29, 0.717) is 11.8 Å². The van der Waals surface area contributed by atoms with Gasteiger partial charge in [-0.25, -0.2) is 0 Å². The maximum Gasteiger partial charge on any atom is 0.416 e. The van der Waals surface area contributed by atoms with Crippen molar-refractivity contribution >= 4 is 17.9 Å². The second kappa shape index (κ2) is 4.45. The van der Waals surface area contributed by atoms with Gasteiger partial charge in [-0.3, -0.25) is 4.79 Å². The molecule has 7 heteroatoms. The van der Waals surface area contributed by atoms with E-state index in [4.69, 9.17) is 16.1 Å². The fourth-order valence-electron chi connectivity index (χ4n) is 1.35. The van der Waals surface area contributed by atoms with Gasteiger partial charge in [-0.15, -0.1) is 0 Å². The molecule has 0 spiro atoms. The van der Waals surface area contributed by atoms with Gasteiger partial charge < -0.3 is 4.52 Å². The lowest BCUT2D eigenvalue weighted by Gasteiger charge is -2.06. The van der Waals surface area contributed by atoms with Crippen molar-refractivity contribution in [2.75, 3.05) is 0 Å². The molecule has 0 bridgehead atoms. The summed E-state index contributed by atoms with van der Waals surface area (Å²) in [5, 5.41) is 3.36. The quantitative estimate of drug-likeness (QED) is 0.782. The van der Waals surface area contributed by atoms with Crippen molar-refractivity contribution in [3.8, 4) is 11.3 Å². The van der Waals surface area contributed by atoms with Gasteiger partial charge in [0.05, 0.1) is 5.56 Å². The van der Waals surface area contributed by atoms with Crippen LogP contribution in [0.3, 0.4) is 0 Å². The lowest BCUT2D eigenvalue weighted by atomic mass is 10.1. The molecule has 94 valence electrons. The SMILES string of the molecule is O=Cc1noc(-c2ccc(C(F)(F)F)cc2)c1Cl. The van der Waals surface area contributed by atoms with E-state index >= 15 is 0 Å². The summed E-state index contributed by atoms with van der Waals surface area (Å²) in [6, 6.07) is 4.19. The van der Waals surface area contributed by atoms with E-state index < -0.39 is 11.7 Å². The molecule has 0 aliphatic heterocycles. The summed E-state index contributed by atoms with van der Waals surface area (Å²) < 4.78 is 41.9. The summed E-state index contributed by atoms with van der Waals surface area (Å²) in [6.45, 7) is 0. The molecule has 0 aliphatic carbocycles. The number of alkyl halides is 3. The minimum atomic E-state index is -4.41. The van der Waals surface area contributed by atoms with Gasteiger partial charge in [0.2, 0.25) is 0 Å². The third kappa shape index (κ3) is 2.24. The summed E-state index contributed by atoms with van der Waals surface area (Å²) in [5.41, 5.74) is -0.558. The van der Waals surface area contributed by atoms with E-state index in [1.807, 2.05) is 0 Å². The highest BCUT2D eigenvalue weighted by atomic mass is 35.5. The normalized spacial score (nSPS) is 11.6. The molecule has 0 unspecified atom stereocenters. The Morgan fingerprint density at radius 1 is 1.22 bits per heavy atom. The number of aldehydes is 1. The average molecular weight is 276 g/mol. The van der Waals surface area contributed by atoms with Crippen LogP contribution in [-0.2, 0) is 6.18 Å².